The second kappa shape index (κ2) is 5.08. The highest BCUT2D eigenvalue weighted by Crippen LogP contribution is 2.32. The Morgan fingerprint density at radius 1 is 0.636 bits per heavy atom. The van der Waals surface area contributed by atoms with Gasteiger partial charge in [-0.15, -0.1) is 0 Å². The van der Waals surface area contributed by atoms with Crippen molar-refractivity contribution in [2.75, 3.05) is 0 Å². The molecular weight excluding hydrogens is 270 g/mol. The number of para-hydroxylation sites is 2. The number of aromatic hydroxyl groups is 1. The normalized spacial score (nSPS) is 10.9. The summed E-state index contributed by atoms with van der Waals surface area (Å²) in [5.41, 5.74) is 5.37. The van der Waals surface area contributed by atoms with Gasteiger partial charge in [-0.25, -0.2) is 0 Å². The van der Waals surface area contributed by atoms with Crippen LogP contribution in [0.25, 0.3) is 33.2 Å². The van der Waals surface area contributed by atoms with Crippen molar-refractivity contribution in [1.82, 2.24) is 4.98 Å². The second-order valence-corrected chi connectivity index (χ2v) is 5.34. The first-order valence-electron chi connectivity index (χ1n) is 7.28. The first-order valence-corrected chi connectivity index (χ1v) is 7.28. The Labute approximate surface area is 128 Å². The summed E-state index contributed by atoms with van der Waals surface area (Å²) >= 11 is 0. The molecule has 0 aliphatic rings. The molecule has 22 heavy (non-hydrogen) atoms. The Bertz CT molecular complexity index is 935. The van der Waals surface area contributed by atoms with Crippen molar-refractivity contribution in [3.05, 3.63) is 79.0 Å². The Morgan fingerprint density at radius 2 is 1.27 bits per heavy atom. The van der Waals surface area contributed by atoms with E-state index in [0.717, 1.165) is 22.2 Å². The number of phenols is 1. The Kier molecular flexibility index (Phi) is 2.94. The standard InChI is InChI=1S/C20H15NO/c22-20-8-4-2-5-16(20)14-9-11-15(12-10-14)18-13-21-19-7-3-1-6-17(18)19/h1-13,21-22H. The van der Waals surface area contributed by atoms with Gasteiger partial charge in [0.1, 0.15) is 5.75 Å². The van der Waals surface area contributed by atoms with E-state index in [1.807, 2.05) is 42.6 Å². The monoisotopic (exact) mass is 285 g/mol. The molecule has 2 heteroatoms. The van der Waals surface area contributed by atoms with E-state index in [9.17, 15) is 5.11 Å². The highest BCUT2D eigenvalue weighted by molar-refractivity contribution is 5.95. The predicted octanol–water partition coefficient (Wildman–Crippen LogP) is 5.21. The topological polar surface area (TPSA) is 36.0 Å². The van der Waals surface area contributed by atoms with Crippen LogP contribution in [0.5, 0.6) is 5.75 Å². The van der Waals surface area contributed by atoms with E-state index >= 15 is 0 Å². The molecule has 0 amide bonds. The van der Waals surface area contributed by atoms with Gasteiger partial charge in [0.2, 0.25) is 0 Å². The SMILES string of the molecule is Oc1ccccc1-c1ccc(-c2c[nH]c3ccccc23)cc1. The minimum atomic E-state index is 0.308. The van der Waals surface area contributed by atoms with Gasteiger partial charge in [0.25, 0.3) is 0 Å². The van der Waals surface area contributed by atoms with Crippen LogP contribution in [-0.4, -0.2) is 10.1 Å². The summed E-state index contributed by atoms with van der Waals surface area (Å²) in [4.78, 5) is 3.30. The zero-order chi connectivity index (χ0) is 14.9. The van der Waals surface area contributed by atoms with Crippen LogP contribution < -0.4 is 0 Å². The van der Waals surface area contributed by atoms with Gasteiger partial charge in [0.05, 0.1) is 0 Å². The summed E-state index contributed by atoms with van der Waals surface area (Å²) in [6.07, 6.45) is 2.04. The fourth-order valence-corrected chi connectivity index (χ4v) is 2.86. The number of nitrogens with one attached hydrogen (secondary N) is 1. The van der Waals surface area contributed by atoms with Gasteiger partial charge >= 0.3 is 0 Å². The Balaban J connectivity index is 1.78. The summed E-state index contributed by atoms with van der Waals surface area (Å²) in [5.74, 6) is 0.308. The molecule has 0 unspecified atom stereocenters. The lowest BCUT2D eigenvalue weighted by atomic mass is 9.99. The minimum absolute atomic E-state index is 0.308. The maximum Gasteiger partial charge on any atom is 0.123 e. The van der Waals surface area contributed by atoms with Crippen LogP contribution >= 0.6 is 0 Å². The number of hydrogen-bond acceptors (Lipinski definition) is 1. The average molecular weight is 285 g/mol. The lowest BCUT2D eigenvalue weighted by Crippen LogP contribution is -1.80. The lowest BCUT2D eigenvalue weighted by Gasteiger charge is -2.06. The zero-order valence-electron chi connectivity index (χ0n) is 12.0. The average Bonchev–Trinajstić information content (AvgIpc) is 3.00. The number of aromatic nitrogens is 1. The molecule has 0 atom stereocenters. The zero-order valence-corrected chi connectivity index (χ0v) is 12.0. The molecule has 0 fully saturated rings. The smallest absolute Gasteiger partial charge is 0.123 e. The van der Waals surface area contributed by atoms with E-state index in [1.165, 1.54) is 10.9 Å². The van der Waals surface area contributed by atoms with Crippen LogP contribution in [0.2, 0.25) is 0 Å². The lowest BCUT2D eigenvalue weighted by molar-refractivity contribution is 0.477. The molecule has 4 aromatic rings. The Morgan fingerprint density at radius 3 is 2.05 bits per heavy atom. The second-order valence-electron chi connectivity index (χ2n) is 5.34. The van der Waals surface area contributed by atoms with Crippen LogP contribution in [-0.2, 0) is 0 Å². The molecule has 0 saturated carbocycles. The number of phenolic OH excluding ortho intramolecular Hbond substituents is 1. The third-order valence-corrected chi connectivity index (χ3v) is 4.00. The van der Waals surface area contributed by atoms with Crippen molar-refractivity contribution in [2.24, 2.45) is 0 Å². The van der Waals surface area contributed by atoms with E-state index in [4.69, 9.17) is 0 Å². The quantitative estimate of drug-likeness (QED) is 0.521. The van der Waals surface area contributed by atoms with E-state index < -0.39 is 0 Å². The van der Waals surface area contributed by atoms with E-state index in [1.54, 1.807) is 6.07 Å². The fraction of sp³-hybridized carbons (Fsp3) is 0. The van der Waals surface area contributed by atoms with Gasteiger partial charge in [0, 0.05) is 28.2 Å². The number of hydrogen-bond donors (Lipinski definition) is 2. The molecule has 3 aromatic carbocycles. The number of fused-ring (bicyclic) bond motifs is 1. The van der Waals surface area contributed by atoms with Gasteiger partial charge in [-0.3, -0.25) is 0 Å². The van der Waals surface area contributed by atoms with Crippen molar-refractivity contribution < 1.29 is 5.11 Å². The van der Waals surface area contributed by atoms with Gasteiger partial charge in [-0.2, -0.15) is 0 Å². The van der Waals surface area contributed by atoms with Crippen molar-refractivity contribution >= 4 is 10.9 Å². The van der Waals surface area contributed by atoms with Crippen molar-refractivity contribution in [3.63, 3.8) is 0 Å². The maximum atomic E-state index is 9.95. The molecule has 0 aliphatic carbocycles. The highest BCUT2D eigenvalue weighted by Gasteiger charge is 2.07. The minimum Gasteiger partial charge on any atom is -0.507 e. The largest absolute Gasteiger partial charge is 0.507 e. The van der Waals surface area contributed by atoms with Crippen LogP contribution in [0, 0.1) is 0 Å². The summed E-state index contributed by atoms with van der Waals surface area (Å²) in [6.45, 7) is 0. The maximum absolute atomic E-state index is 9.95. The Hall–Kier alpha value is -3.00. The third kappa shape index (κ3) is 2.06. The van der Waals surface area contributed by atoms with Crippen LogP contribution in [0.15, 0.2) is 79.0 Å². The first-order chi connectivity index (χ1) is 10.8. The van der Waals surface area contributed by atoms with Crippen LogP contribution in [0.1, 0.15) is 0 Å². The van der Waals surface area contributed by atoms with E-state index in [0.29, 0.717) is 5.75 Å². The van der Waals surface area contributed by atoms with Crippen molar-refractivity contribution in [1.29, 1.82) is 0 Å². The van der Waals surface area contributed by atoms with E-state index in [2.05, 4.69) is 35.3 Å². The van der Waals surface area contributed by atoms with Crippen LogP contribution in [0.4, 0.5) is 0 Å². The van der Waals surface area contributed by atoms with Gasteiger partial charge in [0.15, 0.2) is 0 Å². The fourth-order valence-electron chi connectivity index (χ4n) is 2.86. The number of rotatable bonds is 2. The van der Waals surface area contributed by atoms with E-state index in [-0.39, 0.29) is 0 Å². The van der Waals surface area contributed by atoms with Gasteiger partial charge in [-0.05, 0) is 23.3 Å². The van der Waals surface area contributed by atoms with Crippen molar-refractivity contribution in [3.8, 4) is 28.0 Å². The number of benzene rings is 3. The first kappa shape index (κ1) is 12.7. The van der Waals surface area contributed by atoms with Crippen LogP contribution in [0.3, 0.4) is 0 Å². The molecule has 0 saturated heterocycles. The molecule has 0 spiro atoms. The summed E-state index contributed by atoms with van der Waals surface area (Å²) in [6, 6.07) is 24.0. The summed E-state index contributed by atoms with van der Waals surface area (Å²) in [5, 5.41) is 11.2. The number of aromatic amines is 1. The third-order valence-electron chi connectivity index (χ3n) is 4.00. The highest BCUT2D eigenvalue weighted by atomic mass is 16.3. The summed E-state index contributed by atoms with van der Waals surface area (Å²) < 4.78 is 0. The molecule has 1 heterocycles. The molecule has 1 aromatic heterocycles. The molecule has 0 radical (unpaired) electrons. The van der Waals surface area contributed by atoms with Crippen molar-refractivity contribution in [2.45, 2.75) is 0 Å². The molecule has 106 valence electrons. The number of H-pyrrole nitrogens is 1. The molecular formula is C20H15NO. The molecule has 2 nitrogen and oxygen atoms in total. The molecule has 0 aliphatic heterocycles. The predicted molar refractivity (Wildman–Crippen MR) is 90.8 cm³/mol. The summed E-state index contributed by atoms with van der Waals surface area (Å²) in [7, 11) is 0. The molecule has 4 rings (SSSR count). The molecule has 0 bridgehead atoms. The molecule has 2 N–H and O–H groups in total. The van der Waals surface area contributed by atoms with Gasteiger partial charge in [-0.1, -0.05) is 60.7 Å². The van der Waals surface area contributed by atoms with Gasteiger partial charge < -0.3 is 10.1 Å².